The van der Waals surface area contributed by atoms with Crippen molar-refractivity contribution < 1.29 is 4.79 Å². The van der Waals surface area contributed by atoms with Gasteiger partial charge in [-0.15, -0.1) is 0 Å². The van der Waals surface area contributed by atoms with Crippen molar-refractivity contribution in [3.05, 3.63) is 71.3 Å². The Balaban J connectivity index is 1.40. The van der Waals surface area contributed by atoms with E-state index >= 15 is 0 Å². The van der Waals surface area contributed by atoms with Crippen LogP contribution < -0.4 is 5.32 Å². The van der Waals surface area contributed by atoms with E-state index in [1.165, 1.54) is 16.7 Å². The Morgan fingerprint density at radius 1 is 1.08 bits per heavy atom. The summed E-state index contributed by atoms with van der Waals surface area (Å²) in [5.74, 6) is 0.169. The molecule has 2 aromatic rings. The molecule has 1 aliphatic heterocycles. The fourth-order valence-electron chi connectivity index (χ4n) is 3.25. The number of likely N-dealkylation sites (tertiary alicyclic amines) is 1. The highest BCUT2D eigenvalue weighted by Gasteiger charge is 2.23. The normalized spacial score (nSPS) is 17.8. The number of benzene rings is 2. The second-order valence-electron chi connectivity index (χ2n) is 6.76. The summed E-state index contributed by atoms with van der Waals surface area (Å²) in [6.45, 7) is 5.05. The van der Waals surface area contributed by atoms with Crippen LogP contribution in [0.5, 0.6) is 0 Å². The van der Waals surface area contributed by atoms with E-state index in [4.69, 9.17) is 0 Å². The minimum absolute atomic E-state index is 0.169. The quantitative estimate of drug-likeness (QED) is 0.885. The van der Waals surface area contributed by atoms with E-state index in [1.54, 1.807) is 0 Å². The van der Waals surface area contributed by atoms with Gasteiger partial charge in [0, 0.05) is 32.1 Å². The Kier molecular flexibility index (Phi) is 5.65. The molecule has 0 spiro atoms. The van der Waals surface area contributed by atoms with E-state index in [1.807, 2.05) is 6.07 Å². The first-order valence-corrected chi connectivity index (χ1v) is 8.80. The molecule has 3 heteroatoms. The number of nitrogens with one attached hydrogen (secondary N) is 1. The molecule has 0 aromatic heterocycles. The van der Waals surface area contributed by atoms with Crippen LogP contribution in [0, 0.1) is 6.92 Å². The molecule has 1 amide bonds. The van der Waals surface area contributed by atoms with Crippen molar-refractivity contribution in [3.63, 3.8) is 0 Å². The summed E-state index contributed by atoms with van der Waals surface area (Å²) in [6, 6.07) is 19.2. The van der Waals surface area contributed by atoms with Crippen molar-refractivity contribution >= 4 is 5.91 Å². The average molecular weight is 322 g/mol. The Morgan fingerprint density at radius 2 is 1.83 bits per heavy atom. The minimum atomic E-state index is 0.169. The van der Waals surface area contributed by atoms with Crippen molar-refractivity contribution in [1.29, 1.82) is 0 Å². The summed E-state index contributed by atoms with van der Waals surface area (Å²) in [5.41, 5.74) is 3.82. The molecule has 1 atom stereocenters. The Labute approximate surface area is 144 Å². The first-order chi connectivity index (χ1) is 11.7. The fraction of sp³-hybridized carbons (Fsp3) is 0.381. The number of carbonyl (C=O) groups excluding carboxylic acids is 1. The lowest BCUT2D eigenvalue weighted by Gasteiger charge is -2.17. The maximum Gasteiger partial charge on any atom is 0.220 e. The number of carbonyl (C=O) groups is 1. The van der Waals surface area contributed by atoms with Gasteiger partial charge in [0.1, 0.15) is 0 Å². The molecule has 1 saturated heterocycles. The summed E-state index contributed by atoms with van der Waals surface area (Å²) >= 11 is 0. The topological polar surface area (TPSA) is 32.3 Å². The summed E-state index contributed by atoms with van der Waals surface area (Å²) in [7, 11) is 0. The summed E-state index contributed by atoms with van der Waals surface area (Å²) in [4.78, 5) is 14.6. The zero-order chi connectivity index (χ0) is 16.8. The second kappa shape index (κ2) is 8.11. The number of amides is 1. The molecule has 126 valence electrons. The van der Waals surface area contributed by atoms with Crippen LogP contribution in [0.1, 0.15) is 29.5 Å². The molecule has 1 N–H and O–H groups in total. The molecule has 1 aliphatic rings. The second-order valence-corrected chi connectivity index (χ2v) is 6.76. The van der Waals surface area contributed by atoms with Crippen LogP contribution in [0.25, 0.3) is 0 Å². The van der Waals surface area contributed by atoms with E-state index in [2.05, 4.69) is 65.7 Å². The van der Waals surface area contributed by atoms with Crippen molar-refractivity contribution in [2.45, 2.75) is 38.8 Å². The lowest BCUT2D eigenvalue weighted by molar-refractivity contribution is -0.121. The van der Waals surface area contributed by atoms with Crippen LogP contribution in [0.2, 0.25) is 0 Å². The number of rotatable bonds is 6. The summed E-state index contributed by atoms with van der Waals surface area (Å²) in [6.07, 6.45) is 2.42. The van der Waals surface area contributed by atoms with Crippen molar-refractivity contribution in [2.24, 2.45) is 0 Å². The Bertz CT molecular complexity index is 651. The van der Waals surface area contributed by atoms with Crippen molar-refractivity contribution in [2.75, 3.05) is 13.1 Å². The molecular weight excluding hydrogens is 296 g/mol. The van der Waals surface area contributed by atoms with Gasteiger partial charge in [-0.05, 0) is 30.9 Å². The molecule has 1 fully saturated rings. The maximum absolute atomic E-state index is 12.2. The van der Waals surface area contributed by atoms with Crippen LogP contribution in [-0.4, -0.2) is 29.9 Å². The smallest absolute Gasteiger partial charge is 0.220 e. The van der Waals surface area contributed by atoms with Crippen LogP contribution >= 0.6 is 0 Å². The Morgan fingerprint density at radius 3 is 2.58 bits per heavy atom. The van der Waals surface area contributed by atoms with Crippen LogP contribution in [0.15, 0.2) is 54.6 Å². The highest BCUT2D eigenvalue weighted by Crippen LogP contribution is 2.14. The third-order valence-corrected chi connectivity index (χ3v) is 4.65. The summed E-state index contributed by atoms with van der Waals surface area (Å²) < 4.78 is 0. The lowest BCUT2D eigenvalue weighted by atomic mass is 10.1. The molecule has 1 unspecified atom stereocenters. The predicted molar refractivity (Wildman–Crippen MR) is 97.8 cm³/mol. The number of nitrogens with zero attached hydrogens (tertiary/aromatic N) is 1. The number of hydrogen-bond donors (Lipinski definition) is 1. The van der Waals surface area contributed by atoms with Crippen LogP contribution in [-0.2, 0) is 17.8 Å². The van der Waals surface area contributed by atoms with E-state index in [9.17, 15) is 4.79 Å². The largest absolute Gasteiger partial charge is 0.352 e. The SMILES string of the molecule is Cc1ccc(CCC(=O)NC2CCN(Cc3ccccc3)C2)cc1. The Hall–Kier alpha value is -2.13. The van der Waals surface area contributed by atoms with Gasteiger partial charge in [-0.2, -0.15) is 0 Å². The van der Waals surface area contributed by atoms with E-state index in [-0.39, 0.29) is 5.91 Å². The highest BCUT2D eigenvalue weighted by molar-refractivity contribution is 5.76. The predicted octanol–water partition coefficient (Wildman–Crippen LogP) is 3.32. The molecule has 1 heterocycles. The first kappa shape index (κ1) is 16.7. The number of aryl methyl sites for hydroxylation is 2. The molecule has 24 heavy (non-hydrogen) atoms. The fourth-order valence-corrected chi connectivity index (χ4v) is 3.25. The maximum atomic E-state index is 12.2. The van der Waals surface area contributed by atoms with Gasteiger partial charge in [-0.25, -0.2) is 0 Å². The molecule has 3 rings (SSSR count). The van der Waals surface area contributed by atoms with Gasteiger partial charge in [0.05, 0.1) is 0 Å². The first-order valence-electron chi connectivity index (χ1n) is 8.80. The minimum Gasteiger partial charge on any atom is -0.352 e. The third kappa shape index (κ3) is 4.93. The molecule has 0 aliphatic carbocycles. The van der Waals surface area contributed by atoms with E-state index < -0.39 is 0 Å². The van der Waals surface area contributed by atoms with Gasteiger partial charge in [0.25, 0.3) is 0 Å². The zero-order valence-corrected chi connectivity index (χ0v) is 14.4. The molecule has 2 aromatic carbocycles. The molecular formula is C21H26N2O. The lowest BCUT2D eigenvalue weighted by Crippen LogP contribution is -2.37. The van der Waals surface area contributed by atoms with Gasteiger partial charge in [-0.1, -0.05) is 60.2 Å². The standard InChI is InChI=1S/C21H26N2O/c1-17-7-9-18(10-8-17)11-12-21(24)22-20-13-14-23(16-20)15-19-5-3-2-4-6-19/h2-10,20H,11-16H2,1H3,(H,22,24). The average Bonchev–Trinajstić information content (AvgIpc) is 3.02. The monoisotopic (exact) mass is 322 g/mol. The van der Waals surface area contributed by atoms with E-state index in [0.29, 0.717) is 12.5 Å². The van der Waals surface area contributed by atoms with Gasteiger partial charge in [0.2, 0.25) is 5.91 Å². The van der Waals surface area contributed by atoms with Gasteiger partial charge in [0.15, 0.2) is 0 Å². The zero-order valence-electron chi connectivity index (χ0n) is 14.4. The van der Waals surface area contributed by atoms with Crippen LogP contribution in [0.4, 0.5) is 0 Å². The van der Waals surface area contributed by atoms with Gasteiger partial charge < -0.3 is 5.32 Å². The molecule has 0 radical (unpaired) electrons. The molecule has 3 nitrogen and oxygen atoms in total. The molecule has 0 bridgehead atoms. The van der Waals surface area contributed by atoms with Gasteiger partial charge in [-0.3, -0.25) is 9.69 Å². The van der Waals surface area contributed by atoms with Crippen molar-refractivity contribution in [3.8, 4) is 0 Å². The van der Waals surface area contributed by atoms with Crippen LogP contribution in [0.3, 0.4) is 0 Å². The highest BCUT2D eigenvalue weighted by atomic mass is 16.1. The molecule has 0 saturated carbocycles. The van der Waals surface area contributed by atoms with E-state index in [0.717, 1.165) is 32.5 Å². The third-order valence-electron chi connectivity index (χ3n) is 4.65. The van der Waals surface area contributed by atoms with Crippen molar-refractivity contribution in [1.82, 2.24) is 10.2 Å². The number of hydrogen-bond acceptors (Lipinski definition) is 2. The van der Waals surface area contributed by atoms with Gasteiger partial charge >= 0.3 is 0 Å². The summed E-state index contributed by atoms with van der Waals surface area (Å²) in [5, 5.41) is 3.20.